The number of hydrogen-bond acceptors (Lipinski definition) is 3. The molecule has 0 bridgehead atoms. The van der Waals surface area contributed by atoms with Gasteiger partial charge in [0.05, 0.1) is 6.61 Å². The number of rotatable bonds is 4. The van der Waals surface area contributed by atoms with E-state index in [4.69, 9.17) is 0 Å². The molecule has 4 nitrogen and oxygen atoms in total. The second-order valence-electron chi connectivity index (χ2n) is 3.11. The third-order valence-electron chi connectivity index (χ3n) is 1.98. The normalized spacial score (nSPS) is 10.6. The number of H-pyrrole nitrogens is 1. The van der Waals surface area contributed by atoms with Crippen LogP contribution in [0.1, 0.15) is 35.0 Å². The van der Waals surface area contributed by atoms with Crippen molar-refractivity contribution in [3.05, 3.63) is 33.2 Å². The Morgan fingerprint density at radius 3 is 2.71 bits per heavy atom. The van der Waals surface area contributed by atoms with Crippen molar-refractivity contribution < 1.29 is 18.3 Å². The highest BCUT2D eigenvalue weighted by Crippen LogP contribution is 2.22. The Morgan fingerprint density at radius 2 is 2.24 bits per heavy atom. The Bertz CT molecular complexity index is 473. The third kappa shape index (κ3) is 3.12. The fourth-order valence-electron chi connectivity index (χ4n) is 1.29. The van der Waals surface area contributed by atoms with Crippen LogP contribution >= 0.6 is 15.9 Å². The van der Waals surface area contributed by atoms with Gasteiger partial charge >= 0.3 is 5.97 Å². The number of aromatic amines is 1. The van der Waals surface area contributed by atoms with Crippen molar-refractivity contribution in [2.45, 2.75) is 18.7 Å². The molecule has 0 aliphatic rings. The average Bonchev–Trinajstić information content (AvgIpc) is 2.27. The summed E-state index contributed by atoms with van der Waals surface area (Å²) in [5.74, 6) is -1.04. The molecule has 0 amide bonds. The van der Waals surface area contributed by atoms with Crippen LogP contribution in [0.5, 0.6) is 0 Å². The number of hydrogen-bond donors (Lipinski definition) is 1. The molecule has 1 rings (SSSR count). The Hall–Kier alpha value is -1.24. The molecule has 0 saturated carbocycles. The third-order valence-corrected chi connectivity index (χ3v) is 2.58. The van der Waals surface area contributed by atoms with Gasteiger partial charge in [0.15, 0.2) is 0 Å². The lowest BCUT2D eigenvalue weighted by atomic mass is 10.1. The Labute approximate surface area is 104 Å². The topological polar surface area (TPSA) is 59.2 Å². The first-order valence-electron chi connectivity index (χ1n) is 4.78. The fourth-order valence-corrected chi connectivity index (χ4v) is 1.60. The largest absolute Gasteiger partial charge is 0.462 e. The number of ether oxygens (including phenoxy) is 1. The molecule has 0 aliphatic heterocycles. The second-order valence-corrected chi connectivity index (χ2v) is 3.67. The SMILES string of the molecule is CCOC(=O)c1c(C(F)F)cc(CBr)[nH]c1=O. The lowest BCUT2D eigenvalue weighted by molar-refractivity contribution is 0.0513. The number of nitrogens with one attached hydrogen (secondary N) is 1. The summed E-state index contributed by atoms with van der Waals surface area (Å²) >= 11 is 3.04. The van der Waals surface area contributed by atoms with E-state index in [2.05, 4.69) is 25.7 Å². The number of carbonyl (C=O) groups is 1. The average molecular weight is 310 g/mol. The molecule has 7 heteroatoms. The maximum atomic E-state index is 12.7. The number of esters is 1. The monoisotopic (exact) mass is 309 g/mol. The zero-order valence-corrected chi connectivity index (χ0v) is 10.5. The first kappa shape index (κ1) is 13.8. The predicted octanol–water partition coefficient (Wildman–Crippen LogP) is 2.38. The van der Waals surface area contributed by atoms with Gasteiger partial charge in [-0.15, -0.1) is 0 Å². The second kappa shape index (κ2) is 5.90. The van der Waals surface area contributed by atoms with Crippen molar-refractivity contribution in [3.63, 3.8) is 0 Å². The summed E-state index contributed by atoms with van der Waals surface area (Å²) in [7, 11) is 0. The molecule has 0 fully saturated rings. The summed E-state index contributed by atoms with van der Waals surface area (Å²) < 4.78 is 30.1. The van der Waals surface area contributed by atoms with Crippen LogP contribution in [-0.2, 0) is 10.1 Å². The van der Waals surface area contributed by atoms with Crippen LogP contribution in [0.25, 0.3) is 0 Å². The van der Waals surface area contributed by atoms with Gasteiger partial charge in [0.25, 0.3) is 12.0 Å². The van der Waals surface area contributed by atoms with E-state index in [1.54, 1.807) is 0 Å². The van der Waals surface area contributed by atoms with Gasteiger partial charge < -0.3 is 9.72 Å². The molecule has 0 atom stereocenters. The summed E-state index contributed by atoms with van der Waals surface area (Å²) in [6.07, 6.45) is -2.91. The van der Waals surface area contributed by atoms with E-state index in [0.717, 1.165) is 6.07 Å². The van der Waals surface area contributed by atoms with Crippen molar-refractivity contribution in [2.75, 3.05) is 6.61 Å². The molecule has 0 saturated heterocycles. The van der Waals surface area contributed by atoms with Crippen molar-refractivity contribution in [1.29, 1.82) is 0 Å². The molecule has 1 aromatic rings. The molecule has 0 unspecified atom stereocenters. The summed E-state index contributed by atoms with van der Waals surface area (Å²) in [6.45, 7) is 1.54. The highest BCUT2D eigenvalue weighted by atomic mass is 79.9. The van der Waals surface area contributed by atoms with Crippen LogP contribution < -0.4 is 5.56 Å². The Kier molecular flexibility index (Phi) is 4.80. The number of aromatic nitrogens is 1. The van der Waals surface area contributed by atoms with Crippen molar-refractivity contribution in [3.8, 4) is 0 Å². The lowest BCUT2D eigenvalue weighted by Crippen LogP contribution is -2.23. The van der Waals surface area contributed by atoms with E-state index in [9.17, 15) is 18.4 Å². The van der Waals surface area contributed by atoms with Crippen LogP contribution in [0.3, 0.4) is 0 Å². The molecule has 1 heterocycles. The van der Waals surface area contributed by atoms with E-state index >= 15 is 0 Å². The van der Waals surface area contributed by atoms with E-state index < -0.39 is 29.1 Å². The highest BCUT2D eigenvalue weighted by molar-refractivity contribution is 9.08. The van der Waals surface area contributed by atoms with Crippen molar-refractivity contribution >= 4 is 21.9 Å². The Morgan fingerprint density at radius 1 is 1.59 bits per heavy atom. The predicted molar refractivity (Wildman–Crippen MR) is 60.6 cm³/mol. The van der Waals surface area contributed by atoms with E-state index in [1.165, 1.54) is 6.92 Å². The minimum absolute atomic E-state index is 0.0150. The Balaban J connectivity index is 3.37. The first-order chi connectivity index (χ1) is 8.01. The van der Waals surface area contributed by atoms with E-state index in [1.807, 2.05) is 0 Å². The molecule has 0 aromatic carbocycles. The molecule has 17 heavy (non-hydrogen) atoms. The number of alkyl halides is 3. The highest BCUT2D eigenvalue weighted by Gasteiger charge is 2.23. The van der Waals surface area contributed by atoms with Gasteiger partial charge in [-0.2, -0.15) is 0 Å². The van der Waals surface area contributed by atoms with Gasteiger partial charge in [0.2, 0.25) is 0 Å². The molecule has 94 valence electrons. The van der Waals surface area contributed by atoms with Gasteiger partial charge in [-0.25, -0.2) is 13.6 Å². The minimum atomic E-state index is -2.91. The van der Waals surface area contributed by atoms with Gasteiger partial charge in [0, 0.05) is 16.6 Å². The van der Waals surface area contributed by atoms with Crippen LogP contribution in [0.4, 0.5) is 8.78 Å². The van der Waals surface area contributed by atoms with Gasteiger partial charge in [-0.3, -0.25) is 4.79 Å². The smallest absolute Gasteiger partial charge is 0.344 e. The quantitative estimate of drug-likeness (QED) is 0.686. The number of halogens is 3. The van der Waals surface area contributed by atoms with Crippen LogP contribution in [0.15, 0.2) is 10.9 Å². The first-order valence-corrected chi connectivity index (χ1v) is 5.90. The summed E-state index contributed by atoms with van der Waals surface area (Å²) in [4.78, 5) is 25.3. The molecule has 1 N–H and O–H groups in total. The number of pyridine rings is 1. The zero-order chi connectivity index (χ0) is 13.0. The zero-order valence-electron chi connectivity index (χ0n) is 8.93. The summed E-state index contributed by atoms with van der Waals surface area (Å²) in [5, 5.41) is 0.213. The lowest BCUT2D eigenvalue weighted by Gasteiger charge is -2.08. The molecule has 0 aliphatic carbocycles. The van der Waals surface area contributed by atoms with Crippen molar-refractivity contribution in [2.24, 2.45) is 0 Å². The van der Waals surface area contributed by atoms with Crippen LogP contribution in [0.2, 0.25) is 0 Å². The van der Waals surface area contributed by atoms with Gasteiger partial charge in [-0.1, -0.05) is 15.9 Å². The van der Waals surface area contributed by atoms with E-state index in [-0.39, 0.29) is 17.6 Å². The van der Waals surface area contributed by atoms with Crippen molar-refractivity contribution in [1.82, 2.24) is 4.98 Å². The maximum Gasteiger partial charge on any atom is 0.344 e. The van der Waals surface area contributed by atoms with Gasteiger partial charge in [-0.05, 0) is 13.0 Å². The maximum absolute atomic E-state index is 12.7. The van der Waals surface area contributed by atoms with Gasteiger partial charge in [0.1, 0.15) is 5.56 Å². The molecule has 0 radical (unpaired) electrons. The van der Waals surface area contributed by atoms with Crippen LogP contribution in [0, 0.1) is 0 Å². The molecule has 0 spiro atoms. The minimum Gasteiger partial charge on any atom is -0.462 e. The van der Waals surface area contributed by atoms with E-state index in [0.29, 0.717) is 0 Å². The fraction of sp³-hybridized carbons (Fsp3) is 0.400. The summed E-state index contributed by atoms with van der Waals surface area (Å²) in [5.41, 5.74) is -1.83. The molecular weight excluding hydrogens is 300 g/mol. The standard InChI is InChI=1S/C10H10BrF2NO3/c1-2-17-10(16)7-6(8(12)13)3-5(4-11)14-9(7)15/h3,8H,2,4H2,1H3,(H,14,15). The number of carbonyl (C=O) groups excluding carboxylic acids is 1. The summed E-state index contributed by atoms with van der Waals surface area (Å²) in [6, 6.07) is 1.08. The molecular formula is C10H10BrF2NO3. The van der Waals surface area contributed by atoms with Crippen LogP contribution in [-0.4, -0.2) is 17.6 Å². The molecule has 1 aromatic heterocycles.